The van der Waals surface area contributed by atoms with E-state index in [1.165, 1.54) is 7.11 Å². The highest BCUT2D eigenvalue weighted by atomic mass is 16.7. The summed E-state index contributed by atoms with van der Waals surface area (Å²) in [5.41, 5.74) is 1.89. The van der Waals surface area contributed by atoms with Gasteiger partial charge in [-0.05, 0) is 44.6 Å². The van der Waals surface area contributed by atoms with Crippen LogP contribution < -0.4 is 15.5 Å². The van der Waals surface area contributed by atoms with Gasteiger partial charge in [0.2, 0.25) is 5.88 Å². The summed E-state index contributed by atoms with van der Waals surface area (Å²) in [6.07, 6.45) is 5.09. The van der Waals surface area contributed by atoms with Crippen LogP contribution in [0.15, 0.2) is 49.1 Å². The van der Waals surface area contributed by atoms with Gasteiger partial charge < -0.3 is 34.2 Å². The lowest BCUT2D eigenvalue weighted by molar-refractivity contribution is -0.0468. The number of aromatic amines is 1. The minimum atomic E-state index is -1.03. The number of ether oxygens (including phenoxy) is 2. The van der Waals surface area contributed by atoms with Crippen molar-refractivity contribution >= 4 is 18.7 Å². The fourth-order valence-electron chi connectivity index (χ4n) is 5.42. The van der Waals surface area contributed by atoms with Crippen LogP contribution in [0, 0.1) is 5.92 Å². The van der Waals surface area contributed by atoms with E-state index in [9.17, 15) is 9.90 Å². The molecule has 43 heavy (non-hydrogen) atoms. The summed E-state index contributed by atoms with van der Waals surface area (Å²) < 4.78 is 23.3. The Hall–Kier alpha value is -3.52. The van der Waals surface area contributed by atoms with Gasteiger partial charge in [-0.1, -0.05) is 38.1 Å². The van der Waals surface area contributed by atoms with E-state index in [-0.39, 0.29) is 18.1 Å². The molecule has 4 atom stereocenters. The number of hydrogen-bond acceptors (Lipinski definition) is 10. The van der Waals surface area contributed by atoms with Crippen molar-refractivity contribution in [2.45, 2.75) is 83.6 Å². The number of rotatable bonds is 9. The molecule has 13 heteroatoms. The van der Waals surface area contributed by atoms with Crippen molar-refractivity contribution in [1.29, 1.82) is 0 Å². The molecular formula is C30H41BN6O6. The van der Waals surface area contributed by atoms with Crippen molar-refractivity contribution in [3.63, 3.8) is 0 Å². The number of imidazole rings is 1. The summed E-state index contributed by atoms with van der Waals surface area (Å²) in [7, 11) is 0.859. The minimum Gasteiger partial charge on any atom is -0.472 e. The smallest absolute Gasteiger partial charge is 0.472 e. The summed E-state index contributed by atoms with van der Waals surface area (Å²) >= 11 is 0. The highest BCUT2D eigenvalue weighted by Crippen LogP contribution is 2.37. The lowest BCUT2D eigenvalue weighted by Gasteiger charge is -2.35. The zero-order chi connectivity index (χ0) is 30.9. The van der Waals surface area contributed by atoms with E-state index in [1.54, 1.807) is 24.8 Å². The Morgan fingerprint density at radius 1 is 1.12 bits per heavy atom. The third-order valence-electron chi connectivity index (χ3n) is 8.64. The van der Waals surface area contributed by atoms with E-state index in [2.05, 4.69) is 20.3 Å². The van der Waals surface area contributed by atoms with E-state index >= 15 is 0 Å². The van der Waals surface area contributed by atoms with Gasteiger partial charge in [0.15, 0.2) is 0 Å². The van der Waals surface area contributed by atoms with E-state index in [0.29, 0.717) is 24.7 Å². The van der Waals surface area contributed by atoms with E-state index in [4.69, 9.17) is 23.8 Å². The average Bonchev–Trinajstić information content (AvgIpc) is 3.67. The molecule has 0 bridgehead atoms. The molecule has 1 aromatic carbocycles. The molecule has 3 N–H and O–H groups in total. The third-order valence-corrected chi connectivity index (χ3v) is 8.64. The number of H-pyrrole nitrogens is 1. The third kappa shape index (κ3) is 6.54. The molecule has 230 valence electrons. The topological polar surface area (TPSA) is 144 Å². The molecule has 5 rings (SSSR count). The first kappa shape index (κ1) is 30.9. The first-order valence-electron chi connectivity index (χ1n) is 14.6. The number of carbonyl (C=O) groups excluding carboxylic acids is 1. The quantitative estimate of drug-likeness (QED) is 0.317. The van der Waals surface area contributed by atoms with Crippen LogP contribution in [0.5, 0.6) is 5.88 Å². The summed E-state index contributed by atoms with van der Waals surface area (Å²) in [4.78, 5) is 30.5. The summed E-state index contributed by atoms with van der Waals surface area (Å²) in [5, 5.41) is 14.4. The Balaban J connectivity index is 1.37. The molecule has 1 unspecified atom stereocenters. The molecule has 0 spiro atoms. The Labute approximate surface area is 252 Å². The van der Waals surface area contributed by atoms with Crippen molar-refractivity contribution < 1.29 is 28.7 Å². The van der Waals surface area contributed by atoms with Gasteiger partial charge in [-0.25, -0.2) is 14.8 Å². The van der Waals surface area contributed by atoms with Crippen LogP contribution in [0.4, 0.5) is 4.79 Å². The second-order valence-corrected chi connectivity index (χ2v) is 12.4. The lowest BCUT2D eigenvalue weighted by Crippen LogP contribution is -2.54. The molecule has 2 aliphatic rings. The number of aromatic nitrogens is 4. The van der Waals surface area contributed by atoms with Crippen molar-refractivity contribution in [1.82, 2.24) is 30.2 Å². The predicted octanol–water partition coefficient (Wildman–Crippen LogP) is 3.06. The zero-order valence-electron chi connectivity index (χ0n) is 25.8. The maximum absolute atomic E-state index is 12.1. The number of nitrogens with one attached hydrogen (secondary N) is 2. The summed E-state index contributed by atoms with van der Waals surface area (Å²) in [5.74, 6) is 0.997. The molecule has 3 aromatic rings. The van der Waals surface area contributed by atoms with Crippen molar-refractivity contribution in [2.75, 3.05) is 13.7 Å². The zero-order valence-corrected chi connectivity index (χ0v) is 25.8. The molecule has 2 aromatic heterocycles. The number of hydrogen-bond donors (Lipinski definition) is 3. The Morgan fingerprint density at radius 2 is 1.81 bits per heavy atom. The van der Waals surface area contributed by atoms with E-state index in [1.807, 2.05) is 70.7 Å². The second kappa shape index (κ2) is 12.2. The molecule has 4 heterocycles. The van der Waals surface area contributed by atoms with Crippen molar-refractivity contribution in [3.8, 4) is 17.1 Å². The first-order chi connectivity index (χ1) is 20.4. The number of benzene rings is 1. The van der Waals surface area contributed by atoms with Gasteiger partial charge in [-0.2, -0.15) is 0 Å². The van der Waals surface area contributed by atoms with Gasteiger partial charge in [0.1, 0.15) is 18.2 Å². The van der Waals surface area contributed by atoms with Crippen molar-refractivity contribution in [2.24, 2.45) is 5.92 Å². The average molecular weight is 593 g/mol. The number of aliphatic hydroxyl groups is 1. The summed E-state index contributed by atoms with van der Waals surface area (Å²) in [6, 6.07) is 7.10. The largest absolute Gasteiger partial charge is 0.494 e. The fourth-order valence-corrected chi connectivity index (χ4v) is 5.42. The molecule has 1 amide bonds. The number of amides is 1. The molecule has 12 nitrogen and oxygen atoms in total. The molecule has 0 radical (unpaired) electrons. The minimum absolute atomic E-state index is 0.0793. The van der Waals surface area contributed by atoms with Crippen LogP contribution in [0.1, 0.15) is 59.8 Å². The maximum Gasteiger partial charge on any atom is 0.494 e. The van der Waals surface area contributed by atoms with Gasteiger partial charge >= 0.3 is 13.2 Å². The van der Waals surface area contributed by atoms with Crippen LogP contribution in [0.3, 0.4) is 0 Å². The number of carbonyl (C=O) groups is 1. The lowest BCUT2D eigenvalue weighted by atomic mass is 9.79. The number of alkyl carbamates (subject to hydrolysis) is 1. The highest BCUT2D eigenvalue weighted by molar-refractivity contribution is 6.62. The Morgan fingerprint density at radius 3 is 2.42 bits per heavy atom. The standard InChI is InChI=1S/C30H41BN6O6/c1-18(2)25(36-28(39)40-7)27(38)37-17-21(41-24-16-32-12-13-33-24)14-23(37)26-34-15-22(35-26)19-8-10-20(11-9-19)31-42-29(3,4)30(5,6)43-31/h8-13,15-16,18,21,23,25,27,38H,14,17H2,1-7H3,(H,34,35)(H,36,39)/t21-,23-,25-,27?/m0/s1. The van der Waals surface area contributed by atoms with Crippen LogP contribution in [0.2, 0.25) is 0 Å². The van der Waals surface area contributed by atoms with Gasteiger partial charge in [0.05, 0.1) is 48.5 Å². The van der Waals surface area contributed by atoms with Gasteiger partial charge in [-0.3, -0.25) is 9.88 Å². The second-order valence-electron chi connectivity index (χ2n) is 12.4. The molecule has 0 aliphatic carbocycles. The molecule has 2 saturated heterocycles. The van der Waals surface area contributed by atoms with Gasteiger partial charge in [0.25, 0.3) is 0 Å². The van der Waals surface area contributed by atoms with Gasteiger partial charge in [-0.15, -0.1) is 0 Å². The van der Waals surface area contributed by atoms with Crippen LogP contribution in [0.25, 0.3) is 11.3 Å². The molecular weight excluding hydrogens is 551 g/mol. The first-order valence-corrected chi connectivity index (χ1v) is 14.6. The number of likely N-dealkylation sites (tertiary alicyclic amines) is 1. The van der Waals surface area contributed by atoms with E-state index in [0.717, 1.165) is 16.7 Å². The van der Waals surface area contributed by atoms with Crippen LogP contribution >= 0.6 is 0 Å². The SMILES string of the molecule is COC(=O)N[C@@H](C(C)C)C(O)N1C[C@@H](Oc2cnccn2)C[C@H]1c1ncc(-c2ccc(B3OC(C)(C)C(C)(C)O3)cc2)[nH]1. The normalized spacial score (nSPS) is 22.9. The predicted molar refractivity (Wildman–Crippen MR) is 160 cm³/mol. The maximum atomic E-state index is 12.1. The number of aliphatic hydroxyl groups excluding tert-OH is 1. The summed E-state index contributed by atoms with van der Waals surface area (Å²) in [6.45, 7) is 12.4. The molecule has 2 fully saturated rings. The highest BCUT2D eigenvalue weighted by Gasteiger charge is 2.51. The van der Waals surface area contributed by atoms with Crippen LogP contribution in [-0.4, -0.2) is 86.4 Å². The van der Waals surface area contributed by atoms with Crippen molar-refractivity contribution in [3.05, 3.63) is 54.9 Å². The number of nitrogens with zero attached hydrogens (tertiary/aromatic N) is 4. The Kier molecular flexibility index (Phi) is 8.80. The van der Waals surface area contributed by atoms with Crippen LogP contribution in [-0.2, 0) is 14.0 Å². The Bertz CT molecular complexity index is 1370. The monoisotopic (exact) mass is 592 g/mol. The van der Waals surface area contributed by atoms with Gasteiger partial charge in [0, 0.05) is 25.4 Å². The molecule has 2 aliphatic heterocycles. The van der Waals surface area contributed by atoms with E-state index < -0.39 is 36.7 Å². The molecule has 0 saturated carbocycles. The number of methoxy groups -OCH3 is 1. The fraction of sp³-hybridized carbons (Fsp3) is 0.533.